The molecule has 1 atom stereocenters. The van der Waals surface area contributed by atoms with Crippen LogP contribution < -0.4 is 5.32 Å². The van der Waals surface area contributed by atoms with Crippen molar-refractivity contribution in [2.24, 2.45) is 0 Å². The SMILES string of the molecule is COP(C)(=O)OCNC(=O)c1ccc(Cl)cc1Cl. The van der Waals surface area contributed by atoms with Crippen LogP contribution in [0, 0.1) is 0 Å². The first-order chi connectivity index (χ1) is 8.35. The molecule has 1 aromatic rings. The van der Waals surface area contributed by atoms with Crippen molar-refractivity contribution in [3.05, 3.63) is 33.8 Å². The third-order valence-electron chi connectivity index (χ3n) is 2.04. The largest absolute Gasteiger partial charge is 0.329 e. The fourth-order valence-electron chi connectivity index (χ4n) is 1.04. The molecule has 0 aliphatic heterocycles. The summed E-state index contributed by atoms with van der Waals surface area (Å²) < 4.78 is 20.8. The van der Waals surface area contributed by atoms with Crippen molar-refractivity contribution in [1.82, 2.24) is 5.32 Å². The van der Waals surface area contributed by atoms with Gasteiger partial charge in [-0.3, -0.25) is 13.9 Å². The second-order valence-corrected chi connectivity index (χ2v) is 6.37. The van der Waals surface area contributed by atoms with E-state index in [1.807, 2.05) is 0 Å². The summed E-state index contributed by atoms with van der Waals surface area (Å²) in [5.74, 6) is -0.451. The molecule has 1 N–H and O–H groups in total. The Morgan fingerprint density at radius 1 is 1.44 bits per heavy atom. The number of nitrogens with one attached hydrogen (secondary N) is 1. The lowest BCUT2D eigenvalue weighted by Crippen LogP contribution is -2.25. The summed E-state index contributed by atoms with van der Waals surface area (Å²) in [5.41, 5.74) is 0.257. The molecular weight excluding hydrogens is 300 g/mol. The number of carbonyl (C=O) groups excluding carboxylic acids is 1. The number of benzene rings is 1. The maximum atomic E-state index is 11.7. The van der Waals surface area contributed by atoms with Crippen LogP contribution >= 0.6 is 30.8 Å². The van der Waals surface area contributed by atoms with Crippen LogP contribution in [-0.4, -0.2) is 26.4 Å². The van der Waals surface area contributed by atoms with E-state index in [2.05, 4.69) is 9.84 Å². The number of rotatable bonds is 5. The summed E-state index contributed by atoms with van der Waals surface area (Å²) in [6, 6.07) is 4.49. The maximum Gasteiger partial charge on any atom is 0.329 e. The van der Waals surface area contributed by atoms with Crippen molar-refractivity contribution in [2.45, 2.75) is 0 Å². The lowest BCUT2D eigenvalue weighted by Gasteiger charge is -2.12. The van der Waals surface area contributed by atoms with Gasteiger partial charge in [0.2, 0.25) is 0 Å². The van der Waals surface area contributed by atoms with Gasteiger partial charge in [0.05, 0.1) is 10.6 Å². The number of halogens is 2. The van der Waals surface area contributed by atoms with E-state index in [4.69, 9.17) is 27.7 Å². The molecule has 1 amide bonds. The topological polar surface area (TPSA) is 64.6 Å². The fraction of sp³-hybridized carbons (Fsp3) is 0.300. The number of carbonyl (C=O) groups is 1. The third-order valence-corrected chi connectivity index (χ3v) is 3.85. The number of hydrogen-bond acceptors (Lipinski definition) is 4. The molecule has 0 spiro atoms. The highest BCUT2D eigenvalue weighted by atomic mass is 35.5. The normalized spacial score (nSPS) is 14.0. The molecule has 18 heavy (non-hydrogen) atoms. The van der Waals surface area contributed by atoms with E-state index in [-0.39, 0.29) is 17.3 Å². The van der Waals surface area contributed by atoms with E-state index in [1.54, 1.807) is 6.07 Å². The van der Waals surface area contributed by atoms with E-state index >= 15 is 0 Å². The Kier molecular flexibility index (Phi) is 5.63. The zero-order valence-corrected chi connectivity index (χ0v) is 12.2. The molecule has 0 aliphatic rings. The molecule has 0 radical (unpaired) electrons. The molecule has 0 bridgehead atoms. The third kappa shape index (κ3) is 4.59. The molecule has 100 valence electrons. The van der Waals surface area contributed by atoms with Crippen molar-refractivity contribution in [1.29, 1.82) is 0 Å². The van der Waals surface area contributed by atoms with Gasteiger partial charge in [-0.1, -0.05) is 23.2 Å². The van der Waals surface area contributed by atoms with E-state index in [1.165, 1.54) is 25.9 Å². The molecular formula is C10H12Cl2NO4P. The molecule has 1 unspecified atom stereocenters. The highest BCUT2D eigenvalue weighted by Gasteiger charge is 2.15. The summed E-state index contributed by atoms with van der Waals surface area (Å²) in [4.78, 5) is 11.7. The number of amides is 1. The van der Waals surface area contributed by atoms with Gasteiger partial charge in [0.1, 0.15) is 6.73 Å². The average Bonchev–Trinajstić information content (AvgIpc) is 2.28. The highest BCUT2D eigenvalue weighted by Crippen LogP contribution is 2.41. The van der Waals surface area contributed by atoms with Gasteiger partial charge in [-0.15, -0.1) is 0 Å². The van der Waals surface area contributed by atoms with Crippen LogP contribution in [-0.2, 0) is 13.6 Å². The van der Waals surface area contributed by atoms with E-state index in [9.17, 15) is 9.36 Å². The summed E-state index contributed by atoms with van der Waals surface area (Å²) >= 11 is 11.6. The van der Waals surface area contributed by atoms with Gasteiger partial charge in [0.15, 0.2) is 0 Å². The van der Waals surface area contributed by atoms with E-state index in [0.717, 1.165) is 0 Å². The molecule has 1 rings (SSSR count). The van der Waals surface area contributed by atoms with Crippen molar-refractivity contribution in [2.75, 3.05) is 20.5 Å². The van der Waals surface area contributed by atoms with Crippen LogP contribution in [0.2, 0.25) is 10.0 Å². The minimum atomic E-state index is -3.11. The molecule has 8 heteroatoms. The van der Waals surface area contributed by atoms with Gasteiger partial charge in [-0.05, 0) is 18.2 Å². The van der Waals surface area contributed by atoms with Crippen LogP contribution in [0.3, 0.4) is 0 Å². The zero-order chi connectivity index (χ0) is 13.8. The Morgan fingerprint density at radius 2 is 2.11 bits per heavy atom. The van der Waals surface area contributed by atoms with E-state index < -0.39 is 13.5 Å². The second-order valence-electron chi connectivity index (χ2n) is 3.36. The molecule has 0 saturated carbocycles. The molecule has 0 aliphatic carbocycles. The van der Waals surface area contributed by atoms with Gasteiger partial charge in [0, 0.05) is 18.8 Å². The Hall–Kier alpha value is -0.580. The van der Waals surface area contributed by atoms with Gasteiger partial charge >= 0.3 is 7.60 Å². The lowest BCUT2D eigenvalue weighted by atomic mass is 10.2. The molecule has 1 aromatic carbocycles. The standard InChI is InChI=1S/C10H12Cl2NO4P/c1-16-18(2,15)17-6-13-10(14)8-4-3-7(11)5-9(8)12/h3-5H,6H2,1-2H3,(H,13,14). The lowest BCUT2D eigenvalue weighted by molar-refractivity contribution is 0.0913. The van der Waals surface area contributed by atoms with Crippen LogP contribution in [0.15, 0.2) is 18.2 Å². The quantitative estimate of drug-likeness (QED) is 0.670. The predicted octanol–water partition coefficient (Wildman–Crippen LogP) is 3.17. The molecule has 0 aromatic heterocycles. The van der Waals surface area contributed by atoms with E-state index in [0.29, 0.717) is 5.02 Å². The van der Waals surface area contributed by atoms with Gasteiger partial charge in [0.25, 0.3) is 5.91 Å². The summed E-state index contributed by atoms with van der Waals surface area (Å²) in [6.07, 6.45) is 0. The predicted molar refractivity (Wildman–Crippen MR) is 70.4 cm³/mol. The Bertz CT molecular complexity index is 495. The molecule has 0 saturated heterocycles. The van der Waals surface area contributed by atoms with Crippen LogP contribution in [0.4, 0.5) is 0 Å². The summed E-state index contributed by atoms with van der Waals surface area (Å²) in [6.45, 7) is 1.06. The Morgan fingerprint density at radius 3 is 2.67 bits per heavy atom. The zero-order valence-electron chi connectivity index (χ0n) is 9.78. The Labute approximate surface area is 115 Å². The van der Waals surface area contributed by atoms with Crippen LogP contribution in [0.1, 0.15) is 10.4 Å². The van der Waals surface area contributed by atoms with Crippen LogP contribution in [0.5, 0.6) is 0 Å². The first-order valence-electron chi connectivity index (χ1n) is 4.87. The number of hydrogen-bond donors (Lipinski definition) is 1. The molecule has 5 nitrogen and oxygen atoms in total. The van der Waals surface area contributed by atoms with Gasteiger partial charge in [-0.25, -0.2) is 0 Å². The van der Waals surface area contributed by atoms with Gasteiger partial charge in [-0.2, -0.15) is 0 Å². The highest BCUT2D eigenvalue weighted by molar-refractivity contribution is 7.52. The van der Waals surface area contributed by atoms with Crippen molar-refractivity contribution in [3.63, 3.8) is 0 Å². The first kappa shape index (κ1) is 15.5. The van der Waals surface area contributed by atoms with Gasteiger partial charge < -0.3 is 9.84 Å². The molecule has 0 fully saturated rings. The smallest absolute Gasteiger partial charge is 0.329 e. The first-order valence-corrected chi connectivity index (χ1v) is 7.61. The summed E-state index contributed by atoms with van der Waals surface area (Å²) in [7, 11) is -1.85. The van der Waals surface area contributed by atoms with Crippen molar-refractivity contribution >= 4 is 36.7 Å². The molecule has 0 heterocycles. The summed E-state index contributed by atoms with van der Waals surface area (Å²) in [5, 5.41) is 3.07. The minimum absolute atomic E-state index is 0.228. The maximum absolute atomic E-state index is 11.7. The fourth-order valence-corrected chi connectivity index (χ4v) is 1.94. The Balaban J connectivity index is 2.59. The second kappa shape index (κ2) is 6.55. The van der Waals surface area contributed by atoms with Crippen molar-refractivity contribution < 1.29 is 18.4 Å². The van der Waals surface area contributed by atoms with Crippen molar-refractivity contribution in [3.8, 4) is 0 Å². The van der Waals surface area contributed by atoms with Crippen LogP contribution in [0.25, 0.3) is 0 Å². The average molecular weight is 312 g/mol. The monoisotopic (exact) mass is 311 g/mol. The minimum Gasteiger partial charge on any atom is -0.329 e.